The Hall–Kier alpha value is -1.93. The van der Waals surface area contributed by atoms with Gasteiger partial charge in [0.05, 0.1) is 8.95 Å². The second-order valence-electron chi connectivity index (χ2n) is 7.46. The molecule has 1 aliphatic heterocycles. The van der Waals surface area contributed by atoms with Crippen LogP contribution >= 0.6 is 31.9 Å². The molecule has 1 heterocycles. The van der Waals surface area contributed by atoms with Crippen LogP contribution in [0.4, 0.5) is 0 Å². The summed E-state index contributed by atoms with van der Waals surface area (Å²) in [6.07, 6.45) is 4.25. The van der Waals surface area contributed by atoms with Crippen molar-refractivity contribution in [3.8, 4) is 5.75 Å². The number of ether oxygens (including phenoxy) is 1. The SMILES string of the molecule is NC(=O)COc1c(Br)cc(C2C3=C(CCCC3=O)NC3=C2C(=O)CCC3)cc1Br. The molecule has 0 saturated carbocycles. The van der Waals surface area contributed by atoms with Crippen LogP contribution in [0.3, 0.4) is 0 Å². The van der Waals surface area contributed by atoms with E-state index in [9.17, 15) is 14.4 Å². The van der Waals surface area contributed by atoms with Crippen LogP contribution in [-0.4, -0.2) is 24.1 Å². The van der Waals surface area contributed by atoms with Gasteiger partial charge in [0, 0.05) is 41.3 Å². The number of hydrogen-bond acceptors (Lipinski definition) is 5. The van der Waals surface area contributed by atoms with Gasteiger partial charge in [0.25, 0.3) is 5.91 Å². The fourth-order valence-electron chi connectivity index (χ4n) is 4.34. The van der Waals surface area contributed by atoms with Crippen LogP contribution in [0.25, 0.3) is 0 Å². The fraction of sp³-hybridized carbons (Fsp3) is 0.381. The average Bonchev–Trinajstić information content (AvgIpc) is 2.66. The van der Waals surface area contributed by atoms with Crippen LogP contribution in [-0.2, 0) is 14.4 Å². The van der Waals surface area contributed by atoms with Gasteiger partial charge in [-0.05, 0) is 75.2 Å². The van der Waals surface area contributed by atoms with Crippen molar-refractivity contribution in [2.24, 2.45) is 5.73 Å². The zero-order valence-corrected chi connectivity index (χ0v) is 18.8. The molecule has 1 amide bonds. The fourth-order valence-corrected chi connectivity index (χ4v) is 5.79. The standard InChI is InChI=1S/C21H20Br2N2O4/c22-11-7-10(8-12(23)21(11)29-9-17(24)28)18-19-13(3-1-5-15(19)26)25-14-4-2-6-16(27)20(14)18/h7-8,18,25H,1-6,9H2,(H2,24,28). The molecule has 0 radical (unpaired) electrons. The topological polar surface area (TPSA) is 98.5 Å². The van der Waals surface area contributed by atoms with Gasteiger partial charge >= 0.3 is 0 Å². The maximum absolute atomic E-state index is 12.9. The zero-order valence-electron chi connectivity index (χ0n) is 15.6. The number of rotatable bonds is 4. The lowest BCUT2D eigenvalue weighted by Gasteiger charge is -2.37. The Morgan fingerprint density at radius 3 is 2.00 bits per heavy atom. The van der Waals surface area contributed by atoms with Gasteiger partial charge < -0.3 is 15.8 Å². The van der Waals surface area contributed by atoms with Crippen LogP contribution in [0.15, 0.2) is 43.6 Å². The number of Topliss-reactive ketones (excluding diaryl/α,β-unsaturated/α-hetero) is 2. The van der Waals surface area contributed by atoms with E-state index in [0.29, 0.717) is 38.7 Å². The van der Waals surface area contributed by atoms with E-state index in [0.717, 1.165) is 42.6 Å². The Morgan fingerprint density at radius 1 is 1.00 bits per heavy atom. The van der Waals surface area contributed by atoms with Crippen LogP contribution in [0, 0.1) is 0 Å². The number of allylic oxidation sites excluding steroid dienone is 4. The second-order valence-corrected chi connectivity index (χ2v) is 9.17. The van der Waals surface area contributed by atoms with Gasteiger partial charge in [-0.2, -0.15) is 0 Å². The molecule has 0 spiro atoms. The van der Waals surface area contributed by atoms with Crippen molar-refractivity contribution in [3.05, 3.63) is 49.2 Å². The number of ketones is 2. The van der Waals surface area contributed by atoms with Gasteiger partial charge in [0.1, 0.15) is 5.75 Å². The normalized spacial score (nSPS) is 19.7. The van der Waals surface area contributed by atoms with Crippen molar-refractivity contribution in [2.45, 2.75) is 44.4 Å². The first-order valence-corrected chi connectivity index (χ1v) is 11.1. The minimum absolute atomic E-state index is 0.0926. The first-order chi connectivity index (χ1) is 13.9. The number of primary amides is 1. The molecule has 152 valence electrons. The summed E-state index contributed by atoms with van der Waals surface area (Å²) in [6, 6.07) is 3.71. The summed E-state index contributed by atoms with van der Waals surface area (Å²) in [4.78, 5) is 36.8. The van der Waals surface area contributed by atoms with Crippen molar-refractivity contribution in [1.29, 1.82) is 0 Å². The molecule has 8 heteroatoms. The third-order valence-electron chi connectivity index (χ3n) is 5.50. The summed E-state index contributed by atoms with van der Waals surface area (Å²) in [5.41, 5.74) is 9.31. The first-order valence-electron chi connectivity index (χ1n) is 9.56. The average molecular weight is 524 g/mol. The monoisotopic (exact) mass is 522 g/mol. The zero-order chi connectivity index (χ0) is 20.7. The van der Waals surface area contributed by atoms with Gasteiger partial charge in [-0.3, -0.25) is 14.4 Å². The maximum atomic E-state index is 12.9. The number of amides is 1. The van der Waals surface area contributed by atoms with Crippen molar-refractivity contribution < 1.29 is 19.1 Å². The van der Waals surface area contributed by atoms with Crippen LogP contribution < -0.4 is 15.8 Å². The molecule has 0 aromatic heterocycles. The molecular weight excluding hydrogens is 504 g/mol. The van der Waals surface area contributed by atoms with E-state index in [1.54, 1.807) is 0 Å². The van der Waals surface area contributed by atoms with Crippen LogP contribution in [0.1, 0.15) is 50.0 Å². The van der Waals surface area contributed by atoms with Gasteiger partial charge in [-0.1, -0.05) is 0 Å². The Labute approximate surface area is 185 Å². The predicted molar refractivity (Wildman–Crippen MR) is 114 cm³/mol. The Bertz CT molecular complexity index is 931. The number of benzene rings is 1. The molecular formula is C21H20Br2N2O4. The Morgan fingerprint density at radius 2 is 1.52 bits per heavy atom. The van der Waals surface area contributed by atoms with Crippen molar-refractivity contribution in [3.63, 3.8) is 0 Å². The summed E-state index contributed by atoms with van der Waals surface area (Å²) >= 11 is 6.99. The molecule has 0 unspecified atom stereocenters. The molecule has 29 heavy (non-hydrogen) atoms. The number of carbonyl (C=O) groups is 3. The number of hydrogen-bond donors (Lipinski definition) is 2. The summed E-state index contributed by atoms with van der Waals surface area (Å²) in [5.74, 6) is -0.323. The van der Waals surface area contributed by atoms with Gasteiger partial charge in [0.15, 0.2) is 18.2 Å². The number of carbonyl (C=O) groups excluding carboxylic acids is 3. The van der Waals surface area contributed by atoms with E-state index in [1.807, 2.05) is 12.1 Å². The molecule has 6 nitrogen and oxygen atoms in total. The first kappa shape index (κ1) is 20.3. The molecule has 0 fully saturated rings. The minimum Gasteiger partial charge on any atom is -0.481 e. The number of nitrogens with two attached hydrogens (primary N) is 1. The molecule has 0 atom stereocenters. The molecule has 2 aliphatic carbocycles. The van der Waals surface area contributed by atoms with Crippen molar-refractivity contribution in [1.82, 2.24) is 5.32 Å². The third-order valence-corrected chi connectivity index (χ3v) is 6.68. The van der Waals surface area contributed by atoms with Crippen LogP contribution in [0.2, 0.25) is 0 Å². The molecule has 4 rings (SSSR count). The third kappa shape index (κ3) is 3.80. The van der Waals surface area contributed by atoms with Gasteiger partial charge in [-0.15, -0.1) is 0 Å². The summed E-state index contributed by atoms with van der Waals surface area (Å²) in [6.45, 7) is -0.245. The van der Waals surface area contributed by atoms with Crippen molar-refractivity contribution in [2.75, 3.05) is 6.61 Å². The van der Waals surface area contributed by atoms with E-state index in [1.165, 1.54) is 0 Å². The lowest BCUT2D eigenvalue weighted by molar-refractivity contribution is -0.120. The lowest BCUT2D eigenvalue weighted by atomic mass is 9.71. The van der Waals surface area contributed by atoms with E-state index >= 15 is 0 Å². The highest BCUT2D eigenvalue weighted by atomic mass is 79.9. The highest BCUT2D eigenvalue weighted by Crippen LogP contribution is 2.47. The van der Waals surface area contributed by atoms with Gasteiger partial charge in [0.2, 0.25) is 0 Å². The molecule has 0 bridgehead atoms. The number of nitrogens with one attached hydrogen (secondary N) is 1. The molecule has 3 N–H and O–H groups in total. The van der Waals surface area contributed by atoms with Crippen molar-refractivity contribution >= 4 is 49.3 Å². The highest BCUT2D eigenvalue weighted by molar-refractivity contribution is 9.11. The summed E-state index contributed by atoms with van der Waals surface area (Å²) in [7, 11) is 0. The Kier molecular flexibility index (Phi) is 5.66. The molecule has 0 saturated heterocycles. The molecule has 1 aromatic carbocycles. The summed E-state index contributed by atoms with van der Waals surface area (Å²) < 4.78 is 6.73. The van der Waals surface area contributed by atoms with Gasteiger partial charge in [-0.25, -0.2) is 0 Å². The minimum atomic E-state index is -0.573. The van der Waals surface area contributed by atoms with E-state index in [-0.39, 0.29) is 24.1 Å². The quantitative estimate of drug-likeness (QED) is 0.625. The smallest absolute Gasteiger partial charge is 0.255 e. The predicted octanol–water partition coefficient (Wildman–Crippen LogP) is 3.78. The van der Waals surface area contributed by atoms with E-state index in [2.05, 4.69) is 37.2 Å². The van der Waals surface area contributed by atoms with E-state index < -0.39 is 5.91 Å². The largest absolute Gasteiger partial charge is 0.481 e. The lowest BCUT2D eigenvalue weighted by Crippen LogP contribution is -2.36. The molecule has 3 aliphatic rings. The Balaban J connectivity index is 1.83. The number of halogens is 2. The summed E-state index contributed by atoms with van der Waals surface area (Å²) in [5, 5.41) is 3.41. The van der Waals surface area contributed by atoms with Crippen LogP contribution in [0.5, 0.6) is 5.75 Å². The highest BCUT2D eigenvalue weighted by Gasteiger charge is 2.40. The van der Waals surface area contributed by atoms with E-state index in [4.69, 9.17) is 10.5 Å². The number of dihydropyridines is 1. The molecule has 1 aromatic rings. The maximum Gasteiger partial charge on any atom is 0.255 e. The second kappa shape index (κ2) is 8.07.